The molecule has 0 aliphatic rings. The van der Waals surface area contributed by atoms with E-state index in [4.69, 9.17) is 5.11 Å². The van der Waals surface area contributed by atoms with Crippen LogP contribution in [0.15, 0.2) is 9.72 Å². The molecule has 0 radical (unpaired) electrons. The van der Waals surface area contributed by atoms with Crippen molar-refractivity contribution < 1.29 is 18.3 Å². The lowest BCUT2D eigenvalue weighted by molar-refractivity contribution is 0.0687. The third-order valence-corrected chi connectivity index (χ3v) is 6.10. The number of carbonyl (C=O) groups is 1. The molecule has 1 aromatic heterocycles. The third kappa shape index (κ3) is 3.52. The molecule has 1 atom stereocenters. The number of aromatic carboxylic acids is 1. The summed E-state index contributed by atoms with van der Waals surface area (Å²) in [5.41, 5.74) is 0.825. The van der Waals surface area contributed by atoms with Crippen molar-refractivity contribution in [3.63, 3.8) is 0 Å². The van der Waals surface area contributed by atoms with Crippen molar-refractivity contribution in [3.8, 4) is 0 Å². The fourth-order valence-electron chi connectivity index (χ4n) is 1.76. The monoisotopic (exact) mass is 306 g/mol. The lowest BCUT2D eigenvalue weighted by Gasteiger charge is -2.25. The van der Waals surface area contributed by atoms with Crippen LogP contribution >= 0.6 is 11.3 Å². The predicted octanol–water partition coefficient (Wildman–Crippen LogP) is 1.90. The summed E-state index contributed by atoms with van der Waals surface area (Å²) in [6, 6.07) is -0.200. The molecular formula is C11H18N2O4S2. The van der Waals surface area contributed by atoms with Gasteiger partial charge >= 0.3 is 5.97 Å². The summed E-state index contributed by atoms with van der Waals surface area (Å²) >= 11 is 0.828. The van der Waals surface area contributed by atoms with Gasteiger partial charge in [0.1, 0.15) is 0 Å². The first kappa shape index (κ1) is 16.1. The van der Waals surface area contributed by atoms with Crippen molar-refractivity contribution in [2.45, 2.75) is 37.4 Å². The van der Waals surface area contributed by atoms with Crippen LogP contribution in [0.4, 0.5) is 0 Å². The number of sulfonamides is 1. The molecule has 1 unspecified atom stereocenters. The Bertz CT molecular complexity index is 551. The van der Waals surface area contributed by atoms with Crippen LogP contribution in [0.5, 0.6) is 0 Å². The molecule has 6 nitrogen and oxygen atoms in total. The second-order valence-corrected chi connectivity index (χ2v) is 7.84. The van der Waals surface area contributed by atoms with Crippen molar-refractivity contribution >= 4 is 27.3 Å². The van der Waals surface area contributed by atoms with Crippen LogP contribution in [0.2, 0.25) is 0 Å². The number of hydrogen-bond acceptors (Lipinski definition) is 5. The standard InChI is InChI=1S/C11H18N2O4S2/c1-7(2)5-8(3)13(4)19(16,17)11-9(10(14)15)12-6-18-11/h6-8H,5H2,1-4H3,(H,14,15). The van der Waals surface area contributed by atoms with Gasteiger partial charge in [-0.3, -0.25) is 0 Å². The Labute approximate surface area is 117 Å². The van der Waals surface area contributed by atoms with Crippen molar-refractivity contribution in [2.75, 3.05) is 7.05 Å². The van der Waals surface area contributed by atoms with Gasteiger partial charge in [-0.2, -0.15) is 4.31 Å². The zero-order valence-electron chi connectivity index (χ0n) is 11.3. The van der Waals surface area contributed by atoms with Crippen molar-refractivity contribution in [3.05, 3.63) is 11.2 Å². The Morgan fingerprint density at radius 3 is 2.53 bits per heavy atom. The van der Waals surface area contributed by atoms with E-state index in [0.717, 1.165) is 11.3 Å². The van der Waals surface area contributed by atoms with E-state index < -0.39 is 21.7 Å². The maximum absolute atomic E-state index is 12.4. The van der Waals surface area contributed by atoms with Crippen molar-refractivity contribution in [2.24, 2.45) is 5.92 Å². The number of hydrogen-bond donors (Lipinski definition) is 1. The quantitative estimate of drug-likeness (QED) is 0.867. The SMILES string of the molecule is CC(C)CC(C)N(C)S(=O)(=O)c1scnc1C(=O)O. The van der Waals surface area contributed by atoms with Gasteiger partial charge in [-0.25, -0.2) is 18.2 Å². The second-order valence-electron chi connectivity index (χ2n) is 4.79. The van der Waals surface area contributed by atoms with E-state index in [1.807, 2.05) is 13.8 Å². The molecule has 0 fully saturated rings. The molecule has 0 amide bonds. The van der Waals surface area contributed by atoms with Crippen LogP contribution in [-0.2, 0) is 10.0 Å². The van der Waals surface area contributed by atoms with Gasteiger partial charge in [-0.15, -0.1) is 11.3 Å². The topological polar surface area (TPSA) is 87.6 Å². The molecule has 1 heterocycles. The second kappa shape index (κ2) is 5.98. The molecule has 108 valence electrons. The summed E-state index contributed by atoms with van der Waals surface area (Å²) in [5.74, 6) is -0.974. The van der Waals surface area contributed by atoms with Gasteiger partial charge in [0.2, 0.25) is 0 Å². The molecule has 19 heavy (non-hydrogen) atoms. The van der Waals surface area contributed by atoms with E-state index in [2.05, 4.69) is 4.98 Å². The third-order valence-electron chi connectivity index (χ3n) is 2.78. The minimum atomic E-state index is -3.81. The Morgan fingerprint density at radius 2 is 2.05 bits per heavy atom. The normalized spacial score (nSPS) is 14.0. The molecule has 0 saturated carbocycles. The molecule has 8 heteroatoms. The molecule has 1 aromatic rings. The Morgan fingerprint density at radius 1 is 1.47 bits per heavy atom. The van der Waals surface area contributed by atoms with Gasteiger partial charge in [0.25, 0.3) is 10.0 Å². The fourth-order valence-corrected chi connectivity index (χ4v) is 4.44. The minimum absolute atomic E-state index is 0.200. The molecule has 0 aliphatic carbocycles. The van der Waals surface area contributed by atoms with E-state index >= 15 is 0 Å². The summed E-state index contributed by atoms with van der Waals surface area (Å²) in [6.07, 6.45) is 0.705. The van der Waals surface area contributed by atoms with Gasteiger partial charge in [0.15, 0.2) is 9.90 Å². The first-order valence-corrected chi connectivity index (χ1v) is 8.14. The van der Waals surface area contributed by atoms with Gasteiger partial charge in [-0.1, -0.05) is 13.8 Å². The van der Waals surface area contributed by atoms with Gasteiger partial charge in [0, 0.05) is 13.1 Å². The van der Waals surface area contributed by atoms with Crippen molar-refractivity contribution in [1.82, 2.24) is 9.29 Å². The highest BCUT2D eigenvalue weighted by atomic mass is 32.2. The van der Waals surface area contributed by atoms with Crippen LogP contribution in [-0.4, -0.2) is 41.9 Å². The minimum Gasteiger partial charge on any atom is -0.476 e. The Hall–Kier alpha value is -0.990. The maximum atomic E-state index is 12.4. The molecule has 1 rings (SSSR count). The molecule has 0 aromatic carbocycles. The summed E-state index contributed by atoms with van der Waals surface area (Å²) in [6.45, 7) is 5.82. The highest BCUT2D eigenvalue weighted by Crippen LogP contribution is 2.26. The highest BCUT2D eigenvalue weighted by Gasteiger charge is 2.32. The molecule has 0 saturated heterocycles. The lowest BCUT2D eigenvalue weighted by Crippen LogP contribution is -2.36. The molecular weight excluding hydrogens is 288 g/mol. The highest BCUT2D eigenvalue weighted by molar-refractivity contribution is 7.91. The number of carboxylic acids is 1. The largest absolute Gasteiger partial charge is 0.476 e. The summed E-state index contributed by atoms with van der Waals surface area (Å²) in [5, 5.41) is 8.94. The first-order chi connectivity index (χ1) is 8.67. The predicted molar refractivity (Wildman–Crippen MR) is 72.9 cm³/mol. The average molecular weight is 306 g/mol. The summed E-state index contributed by atoms with van der Waals surface area (Å²) in [4.78, 5) is 14.6. The van der Waals surface area contributed by atoms with Gasteiger partial charge < -0.3 is 5.11 Å². The van der Waals surface area contributed by atoms with Crippen LogP contribution in [0.1, 0.15) is 37.7 Å². The number of rotatable bonds is 6. The zero-order chi connectivity index (χ0) is 14.8. The number of carboxylic acid groups (broad SMARTS) is 1. The zero-order valence-corrected chi connectivity index (χ0v) is 13.0. The van der Waals surface area contributed by atoms with Crippen LogP contribution in [0.3, 0.4) is 0 Å². The van der Waals surface area contributed by atoms with E-state index in [1.54, 1.807) is 6.92 Å². The summed E-state index contributed by atoms with van der Waals surface area (Å²) < 4.78 is 25.8. The Kier molecular flexibility index (Phi) is 5.05. The lowest BCUT2D eigenvalue weighted by atomic mass is 10.1. The average Bonchev–Trinajstić information content (AvgIpc) is 2.76. The number of nitrogens with zero attached hydrogens (tertiary/aromatic N) is 2. The molecule has 0 bridgehead atoms. The van der Waals surface area contributed by atoms with E-state index in [9.17, 15) is 13.2 Å². The van der Waals surface area contributed by atoms with Crippen LogP contribution < -0.4 is 0 Å². The first-order valence-electron chi connectivity index (χ1n) is 5.82. The van der Waals surface area contributed by atoms with Crippen molar-refractivity contribution in [1.29, 1.82) is 0 Å². The van der Waals surface area contributed by atoms with Crippen LogP contribution in [0.25, 0.3) is 0 Å². The molecule has 0 aliphatic heterocycles. The summed E-state index contributed by atoms with van der Waals surface area (Å²) in [7, 11) is -2.34. The number of aromatic nitrogens is 1. The molecule has 1 N–H and O–H groups in total. The van der Waals surface area contributed by atoms with E-state index in [0.29, 0.717) is 12.3 Å². The van der Waals surface area contributed by atoms with Gasteiger partial charge in [0.05, 0.1) is 5.51 Å². The van der Waals surface area contributed by atoms with Gasteiger partial charge in [-0.05, 0) is 19.3 Å². The number of thiazole rings is 1. The fraction of sp³-hybridized carbons (Fsp3) is 0.636. The Balaban J connectivity index is 3.10. The maximum Gasteiger partial charge on any atom is 0.356 e. The molecule has 0 spiro atoms. The smallest absolute Gasteiger partial charge is 0.356 e. The van der Waals surface area contributed by atoms with Crippen LogP contribution in [0, 0.1) is 5.92 Å². The van der Waals surface area contributed by atoms with E-state index in [-0.39, 0.29) is 10.3 Å². The van der Waals surface area contributed by atoms with E-state index in [1.165, 1.54) is 16.9 Å².